The number of urea groups is 1. The monoisotopic (exact) mass is 242 g/mol. The second-order valence-electron chi connectivity index (χ2n) is 3.93. The van der Waals surface area contributed by atoms with E-state index in [1.54, 1.807) is 16.9 Å². The van der Waals surface area contributed by atoms with Crippen molar-refractivity contribution >= 4 is 11.8 Å². The van der Waals surface area contributed by atoms with Crippen molar-refractivity contribution < 1.29 is 15.0 Å². The molecule has 0 spiro atoms. The van der Waals surface area contributed by atoms with Crippen LogP contribution < -0.4 is 10.6 Å². The maximum atomic E-state index is 11.4. The Kier molecular flexibility index (Phi) is 4.92. The van der Waals surface area contributed by atoms with Gasteiger partial charge < -0.3 is 15.5 Å². The van der Waals surface area contributed by atoms with Crippen LogP contribution in [-0.2, 0) is 0 Å². The molecular formula is C10H18N4O3. The Bertz CT molecular complexity index is 364. The van der Waals surface area contributed by atoms with E-state index in [9.17, 15) is 4.79 Å². The van der Waals surface area contributed by atoms with Crippen LogP contribution in [0, 0.1) is 0 Å². The molecule has 1 atom stereocenters. The number of nitrogens with one attached hydrogen (secondary N) is 2. The van der Waals surface area contributed by atoms with Crippen molar-refractivity contribution in [2.45, 2.75) is 26.0 Å². The highest BCUT2D eigenvalue weighted by molar-refractivity contribution is 5.88. The molecule has 7 heteroatoms. The van der Waals surface area contributed by atoms with Crippen molar-refractivity contribution in [3.63, 3.8) is 0 Å². The molecule has 0 aliphatic rings. The fourth-order valence-corrected chi connectivity index (χ4v) is 1.26. The lowest BCUT2D eigenvalue weighted by Gasteiger charge is -2.13. The van der Waals surface area contributed by atoms with E-state index in [1.807, 2.05) is 13.8 Å². The van der Waals surface area contributed by atoms with E-state index in [-0.39, 0.29) is 19.2 Å². The molecule has 0 fully saturated rings. The minimum atomic E-state index is -0.948. The molecule has 0 radical (unpaired) electrons. The van der Waals surface area contributed by atoms with E-state index in [4.69, 9.17) is 10.2 Å². The summed E-state index contributed by atoms with van der Waals surface area (Å²) in [6, 6.07) is 1.38. The van der Waals surface area contributed by atoms with Gasteiger partial charge in [-0.2, -0.15) is 5.10 Å². The standard InChI is InChI=1S/C10H18N4O3/c1-7(2)14-9(3-4-12-14)13-10(17)11-5-8(16)6-15/h3-4,7-8,15-16H,5-6H2,1-2H3,(H2,11,13,17)/t8-/m1/s1. The molecule has 17 heavy (non-hydrogen) atoms. The van der Waals surface area contributed by atoms with Crippen LogP contribution >= 0.6 is 0 Å². The van der Waals surface area contributed by atoms with Gasteiger partial charge in [-0.15, -0.1) is 0 Å². The molecule has 4 N–H and O–H groups in total. The van der Waals surface area contributed by atoms with Crippen LogP contribution in [0.1, 0.15) is 19.9 Å². The summed E-state index contributed by atoms with van der Waals surface area (Å²) in [5, 5.41) is 26.8. The van der Waals surface area contributed by atoms with Crippen LogP contribution in [0.4, 0.5) is 10.6 Å². The molecular weight excluding hydrogens is 224 g/mol. The zero-order valence-electron chi connectivity index (χ0n) is 9.92. The number of carbonyl (C=O) groups is 1. The summed E-state index contributed by atoms with van der Waals surface area (Å²) in [6.07, 6.45) is 0.647. The quantitative estimate of drug-likeness (QED) is 0.581. The first-order valence-electron chi connectivity index (χ1n) is 5.42. The molecule has 1 rings (SSSR count). The SMILES string of the molecule is CC(C)n1nccc1NC(=O)NC[C@@H](O)CO. The molecule has 0 bridgehead atoms. The molecule has 7 nitrogen and oxygen atoms in total. The van der Waals surface area contributed by atoms with Gasteiger partial charge in [0.05, 0.1) is 18.9 Å². The Balaban J connectivity index is 2.48. The van der Waals surface area contributed by atoms with Gasteiger partial charge in [-0.1, -0.05) is 0 Å². The first-order valence-corrected chi connectivity index (χ1v) is 5.42. The van der Waals surface area contributed by atoms with E-state index in [0.717, 1.165) is 0 Å². The van der Waals surface area contributed by atoms with Gasteiger partial charge in [-0.3, -0.25) is 5.32 Å². The molecule has 0 saturated heterocycles. The lowest BCUT2D eigenvalue weighted by molar-refractivity contribution is 0.0965. The van der Waals surface area contributed by atoms with Crippen molar-refractivity contribution in [3.05, 3.63) is 12.3 Å². The van der Waals surface area contributed by atoms with Crippen LogP contribution in [0.5, 0.6) is 0 Å². The number of carbonyl (C=O) groups excluding carboxylic acids is 1. The smallest absolute Gasteiger partial charge is 0.320 e. The number of aromatic nitrogens is 2. The fourth-order valence-electron chi connectivity index (χ4n) is 1.26. The summed E-state index contributed by atoms with van der Waals surface area (Å²) in [7, 11) is 0. The van der Waals surface area contributed by atoms with Gasteiger partial charge in [0.25, 0.3) is 0 Å². The summed E-state index contributed by atoms with van der Waals surface area (Å²) >= 11 is 0. The fraction of sp³-hybridized carbons (Fsp3) is 0.600. The number of anilines is 1. The lowest BCUT2D eigenvalue weighted by atomic mass is 10.4. The predicted octanol–water partition coefficient (Wildman–Crippen LogP) is -0.0613. The molecule has 2 amide bonds. The largest absolute Gasteiger partial charge is 0.394 e. The van der Waals surface area contributed by atoms with Crippen LogP contribution in [0.15, 0.2) is 12.3 Å². The van der Waals surface area contributed by atoms with Crippen LogP contribution in [-0.4, -0.2) is 45.3 Å². The van der Waals surface area contributed by atoms with Gasteiger partial charge in [0.15, 0.2) is 0 Å². The summed E-state index contributed by atoms with van der Waals surface area (Å²) in [4.78, 5) is 11.4. The van der Waals surface area contributed by atoms with Crippen molar-refractivity contribution in [2.75, 3.05) is 18.5 Å². The van der Waals surface area contributed by atoms with Crippen LogP contribution in [0.2, 0.25) is 0 Å². The van der Waals surface area contributed by atoms with Crippen LogP contribution in [0.3, 0.4) is 0 Å². The molecule has 0 unspecified atom stereocenters. The van der Waals surface area contributed by atoms with Gasteiger partial charge in [-0.25, -0.2) is 9.48 Å². The third kappa shape index (κ3) is 4.04. The van der Waals surface area contributed by atoms with Crippen LogP contribution in [0.25, 0.3) is 0 Å². The summed E-state index contributed by atoms with van der Waals surface area (Å²) in [6.45, 7) is 3.51. The number of hydrogen-bond acceptors (Lipinski definition) is 4. The molecule has 0 aromatic carbocycles. The van der Waals surface area contributed by atoms with E-state index in [2.05, 4.69) is 15.7 Å². The number of rotatable bonds is 5. The highest BCUT2D eigenvalue weighted by atomic mass is 16.3. The first kappa shape index (κ1) is 13.5. The molecule has 0 saturated carbocycles. The average molecular weight is 242 g/mol. The number of nitrogens with zero attached hydrogens (tertiary/aromatic N) is 2. The molecule has 0 aliphatic heterocycles. The zero-order valence-corrected chi connectivity index (χ0v) is 9.92. The van der Waals surface area contributed by atoms with Gasteiger partial charge >= 0.3 is 6.03 Å². The Morgan fingerprint density at radius 3 is 2.88 bits per heavy atom. The summed E-state index contributed by atoms with van der Waals surface area (Å²) < 4.78 is 1.67. The van der Waals surface area contributed by atoms with E-state index < -0.39 is 12.1 Å². The lowest BCUT2D eigenvalue weighted by Crippen LogP contribution is -2.37. The van der Waals surface area contributed by atoms with Crippen molar-refractivity contribution in [1.29, 1.82) is 0 Å². The zero-order chi connectivity index (χ0) is 12.8. The third-order valence-electron chi connectivity index (χ3n) is 2.11. The first-order chi connectivity index (χ1) is 8.04. The Morgan fingerprint density at radius 2 is 2.29 bits per heavy atom. The third-order valence-corrected chi connectivity index (χ3v) is 2.11. The van der Waals surface area contributed by atoms with Crippen molar-refractivity contribution in [2.24, 2.45) is 0 Å². The molecule has 1 aromatic rings. The Labute approximate surface area is 99.4 Å². The summed E-state index contributed by atoms with van der Waals surface area (Å²) in [5.74, 6) is 0.580. The Hall–Kier alpha value is -1.60. The number of hydrogen-bond donors (Lipinski definition) is 4. The predicted molar refractivity (Wildman–Crippen MR) is 62.7 cm³/mol. The van der Waals surface area contributed by atoms with Gasteiger partial charge in [0, 0.05) is 18.7 Å². The molecule has 0 aliphatic carbocycles. The van der Waals surface area contributed by atoms with Crippen molar-refractivity contribution in [1.82, 2.24) is 15.1 Å². The minimum absolute atomic E-state index is 0.00184. The maximum absolute atomic E-state index is 11.4. The minimum Gasteiger partial charge on any atom is -0.394 e. The second kappa shape index (κ2) is 6.21. The highest BCUT2D eigenvalue weighted by Gasteiger charge is 2.10. The number of aliphatic hydroxyl groups is 2. The van der Waals surface area contributed by atoms with E-state index >= 15 is 0 Å². The van der Waals surface area contributed by atoms with Gasteiger partial charge in [0.1, 0.15) is 5.82 Å². The second-order valence-corrected chi connectivity index (χ2v) is 3.93. The Morgan fingerprint density at radius 1 is 1.59 bits per heavy atom. The van der Waals surface area contributed by atoms with E-state index in [1.165, 1.54) is 0 Å². The van der Waals surface area contributed by atoms with E-state index in [0.29, 0.717) is 5.82 Å². The molecule has 1 heterocycles. The number of aliphatic hydroxyl groups excluding tert-OH is 2. The molecule has 1 aromatic heterocycles. The topological polar surface area (TPSA) is 99.4 Å². The number of amides is 2. The van der Waals surface area contributed by atoms with Gasteiger partial charge in [-0.05, 0) is 13.8 Å². The summed E-state index contributed by atoms with van der Waals surface area (Å²) in [5.41, 5.74) is 0. The maximum Gasteiger partial charge on any atom is 0.320 e. The van der Waals surface area contributed by atoms with Crippen molar-refractivity contribution in [3.8, 4) is 0 Å². The van der Waals surface area contributed by atoms with Gasteiger partial charge in [0.2, 0.25) is 0 Å². The highest BCUT2D eigenvalue weighted by Crippen LogP contribution is 2.12. The average Bonchev–Trinajstić information content (AvgIpc) is 2.74. The normalized spacial score (nSPS) is 12.5. The molecule has 96 valence electrons.